The van der Waals surface area contributed by atoms with Gasteiger partial charge >= 0.3 is 0 Å². The Labute approximate surface area is 149 Å². The predicted octanol–water partition coefficient (Wildman–Crippen LogP) is 1.06. The van der Waals surface area contributed by atoms with Crippen molar-refractivity contribution in [1.82, 2.24) is 10.2 Å². The number of hydrogen-bond donors (Lipinski definition) is 2. The first-order valence-electron chi connectivity index (χ1n) is 8.60. The molecule has 128 valence electrons. The van der Waals surface area contributed by atoms with Crippen LogP contribution in [0.4, 0.5) is 0 Å². The number of ether oxygens (including phenoxy) is 1. The van der Waals surface area contributed by atoms with Crippen LogP contribution in [0.25, 0.3) is 10.8 Å². The fourth-order valence-corrected chi connectivity index (χ4v) is 3.58. The molecule has 0 bridgehead atoms. The van der Waals surface area contributed by atoms with Gasteiger partial charge in [-0.15, -0.1) is 0 Å². The highest BCUT2D eigenvalue weighted by Crippen LogP contribution is 2.17. The van der Waals surface area contributed by atoms with Crippen molar-refractivity contribution >= 4 is 28.1 Å². The molecular formula is C19H26N3OS+. The molecule has 0 aliphatic carbocycles. The van der Waals surface area contributed by atoms with Gasteiger partial charge in [-0.2, -0.15) is 0 Å². The third-order valence-electron chi connectivity index (χ3n) is 4.66. The molecule has 1 heterocycles. The van der Waals surface area contributed by atoms with Gasteiger partial charge in [0.2, 0.25) is 0 Å². The first-order chi connectivity index (χ1) is 11.8. The topological polar surface area (TPSA) is 28.9 Å². The summed E-state index contributed by atoms with van der Waals surface area (Å²) in [5.41, 5.74) is 1.44. The molecule has 0 saturated carbocycles. The Kier molecular flexibility index (Phi) is 6.01. The lowest BCUT2D eigenvalue weighted by atomic mass is 10.0. The Balaban J connectivity index is 1.54. The lowest BCUT2D eigenvalue weighted by Crippen LogP contribution is -3.13. The van der Waals surface area contributed by atoms with Gasteiger partial charge in [-0.25, -0.2) is 0 Å². The SMILES string of the molecule is COCCNC(=S)N1CC[NH+](Cc2cccc3ccccc23)CC1. The molecule has 0 unspecified atom stereocenters. The molecule has 1 aliphatic heterocycles. The molecular weight excluding hydrogens is 318 g/mol. The highest BCUT2D eigenvalue weighted by Gasteiger charge is 2.22. The molecule has 0 radical (unpaired) electrons. The summed E-state index contributed by atoms with van der Waals surface area (Å²) in [5, 5.41) is 6.83. The molecule has 3 rings (SSSR count). The number of piperazine rings is 1. The molecule has 0 aromatic heterocycles. The summed E-state index contributed by atoms with van der Waals surface area (Å²) in [5.74, 6) is 0. The highest BCUT2D eigenvalue weighted by molar-refractivity contribution is 7.80. The maximum Gasteiger partial charge on any atom is 0.169 e. The number of quaternary nitrogens is 1. The van der Waals surface area contributed by atoms with E-state index in [0.717, 1.165) is 44.4 Å². The van der Waals surface area contributed by atoms with E-state index in [9.17, 15) is 0 Å². The molecule has 4 nitrogen and oxygen atoms in total. The van der Waals surface area contributed by atoms with Gasteiger partial charge in [0.1, 0.15) is 6.54 Å². The van der Waals surface area contributed by atoms with Crippen LogP contribution in [0, 0.1) is 0 Å². The van der Waals surface area contributed by atoms with Crippen LogP contribution < -0.4 is 10.2 Å². The number of rotatable bonds is 5. The molecule has 1 fully saturated rings. The van der Waals surface area contributed by atoms with Gasteiger partial charge < -0.3 is 19.9 Å². The third-order valence-corrected chi connectivity index (χ3v) is 5.06. The molecule has 5 heteroatoms. The fourth-order valence-electron chi connectivity index (χ4n) is 3.29. The van der Waals surface area contributed by atoms with Crippen molar-refractivity contribution in [2.75, 3.05) is 46.4 Å². The summed E-state index contributed by atoms with van der Waals surface area (Å²) in [6, 6.07) is 15.3. The zero-order valence-corrected chi connectivity index (χ0v) is 15.1. The average molecular weight is 345 g/mol. The summed E-state index contributed by atoms with van der Waals surface area (Å²) in [6.45, 7) is 6.81. The number of methoxy groups -OCH3 is 1. The largest absolute Gasteiger partial charge is 0.383 e. The van der Waals surface area contributed by atoms with Crippen LogP contribution in [-0.4, -0.2) is 56.5 Å². The van der Waals surface area contributed by atoms with E-state index in [1.165, 1.54) is 16.3 Å². The zero-order chi connectivity index (χ0) is 16.8. The van der Waals surface area contributed by atoms with E-state index in [1.807, 2.05) is 0 Å². The molecule has 2 N–H and O–H groups in total. The Morgan fingerprint density at radius 1 is 1.17 bits per heavy atom. The van der Waals surface area contributed by atoms with Crippen molar-refractivity contribution in [3.63, 3.8) is 0 Å². The van der Waals surface area contributed by atoms with Gasteiger partial charge in [0.15, 0.2) is 5.11 Å². The van der Waals surface area contributed by atoms with Gasteiger partial charge in [-0.3, -0.25) is 0 Å². The van der Waals surface area contributed by atoms with Crippen LogP contribution in [0.3, 0.4) is 0 Å². The summed E-state index contributed by atoms with van der Waals surface area (Å²) in [6.07, 6.45) is 0. The number of hydrogen-bond acceptors (Lipinski definition) is 2. The van der Waals surface area contributed by atoms with E-state index in [0.29, 0.717) is 6.61 Å². The molecule has 0 atom stereocenters. The highest BCUT2D eigenvalue weighted by atomic mass is 32.1. The Bertz CT molecular complexity index is 678. The van der Waals surface area contributed by atoms with Crippen molar-refractivity contribution in [2.45, 2.75) is 6.54 Å². The lowest BCUT2D eigenvalue weighted by molar-refractivity contribution is -0.917. The van der Waals surface area contributed by atoms with Crippen molar-refractivity contribution in [3.8, 4) is 0 Å². The van der Waals surface area contributed by atoms with Gasteiger partial charge in [0.25, 0.3) is 0 Å². The summed E-state index contributed by atoms with van der Waals surface area (Å²) < 4.78 is 5.05. The monoisotopic (exact) mass is 344 g/mol. The number of benzene rings is 2. The summed E-state index contributed by atoms with van der Waals surface area (Å²) >= 11 is 5.47. The van der Waals surface area contributed by atoms with Crippen molar-refractivity contribution in [2.24, 2.45) is 0 Å². The normalized spacial score (nSPS) is 15.6. The van der Waals surface area contributed by atoms with Gasteiger partial charge in [-0.05, 0) is 23.0 Å². The van der Waals surface area contributed by atoms with E-state index in [4.69, 9.17) is 17.0 Å². The first kappa shape index (κ1) is 17.1. The molecule has 24 heavy (non-hydrogen) atoms. The van der Waals surface area contributed by atoms with E-state index < -0.39 is 0 Å². The number of thiocarbonyl (C=S) groups is 1. The lowest BCUT2D eigenvalue weighted by Gasteiger charge is -2.34. The minimum absolute atomic E-state index is 0.687. The molecule has 2 aromatic carbocycles. The van der Waals surface area contributed by atoms with Crippen LogP contribution in [0.5, 0.6) is 0 Å². The van der Waals surface area contributed by atoms with Crippen LogP contribution in [0.15, 0.2) is 42.5 Å². The minimum Gasteiger partial charge on any atom is -0.383 e. The minimum atomic E-state index is 0.687. The van der Waals surface area contributed by atoms with E-state index in [2.05, 4.69) is 52.7 Å². The number of fused-ring (bicyclic) bond motifs is 1. The maximum absolute atomic E-state index is 5.47. The Morgan fingerprint density at radius 2 is 1.92 bits per heavy atom. The Morgan fingerprint density at radius 3 is 2.71 bits per heavy atom. The Hall–Kier alpha value is -1.69. The van der Waals surface area contributed by atoms with Crippen molar-refractivity contribution < 1.29 is 9.64 Å². The quantitative estimate of drug-likeness (QED) is 0.627. The van der Waals surface area contributed by atoms with Gasteiger partial charge in [-0.1, -0.05) is 42.5 Å². The average Bonchev–Trinajstić information content (AvgIpc) is 2.63. The number of nitrogens with zero attached hydrogens (tertiary/aromatic N) is 1. The summed E-state index contributed by atoms with van der Waals surface area (Å²) in [4.78, 5) is 3.90. The predicted molar refractivity (Wildman–Crippen MR) is 102 cm³/mol. The van der Waals surface area contributed by atoms with Crippen LogP contribution in [-0.2, 0) is 11.3 Å². The van der Waals surface area contributed by atoms with E-state index in [-0.39, 0.29) is 0 Å². The van der Waals surface area contributed by atoms with Gasteiger partial charge in [0, 0.05) is 19.2 Å². The first-order valence-corrected chi connectivity index (χ1v) is 9.00. The molecule has 2 aromatic rings. The second-order valence-electron chi connectivity index (χ2n) is 6.28. The molecule has 0 amide bonds. The van der Waals surface area contributed by atoms with Crippen LogP contribution >= 0.6 is 12.2 Å². The van der Waals surface area contributed by atoms with E-state index >= 15 is 0 Å². The second kappa shape index (κ2) is 8.42. The fraction of sp³-hybridized carbons (Fsp3) is 0.421. The maximum atomic E-state index is 5.47. The van der Waals surface area contributed by atoms with E-state index in [1.54, 1.807) is 12.0 Å². The zero-order valence-electron chi connectivity index (χ0n) is 14.3. The van der Waals surface area contributed by atoms with Crippen LogP contribution in [0.2, 0.25) is 0 Å². The van der Waals surface area contributed by atoms with Crippen LogP contribution in [0.1, 0.15) is 5.56 Å². The van der Waals surface area contributed by atoms with Crippen molar-refractivity contribution in [3.05, 3.63) is 48.0 Å². The summed E-state index contributed by atoms with van der Waals surface area (Å²) in [7, 11) is 1.71. The third kappa shape index (κ3) is 4.23. The van der Waals surface area contributed by atoms with Crippen molar-refractivity contribution in [1.29, 1.82) is 0 Å². The molecule has 1 aliphatic rings. The molecule has 1 saturated heterocycles. The number of nitrogens with one attached hydrogen (secondary N) is 2. The molecule has 0 spiro atoms. The smallest absolute Gasteiger partial charge is 0.169 e. The standard InChI is InChI=1S/C19H25N3OS/c1-23-14-9-20-19(24)22-12-10-21(11-13-22)15-17-7-4-6-16-5-2-3-8-18(16)17/h2-8H,9-15H2,1H3,(H,20,24)/p+1. The second-order valence-corrected chi connectivity index (χ2v) is 6.66. The van der Waals surface area contributed by atoms with Gasteiger partial charge in [0.05, 0.1) is 32.8 Å².